The van der Waals surface area contributed by atoms with Gasteiger partial charge in [0.25, 0.3) is 0 Å². The van der Waals surface area contributed by atoms with E-state index in [1.54, 1.807) is 0 Å². The molecule has 0 fully saturated rings. The molecular formula is C11H11N3O3. The van der Waals surface area contributed by atoms with E-state index < -0.39 is 4.92 Å². The molecule has 0 radical (unpaired) electrons. The van der Waals surface area contributed by atoms with Crippen molar-refractivity contribution >= 4 is 5.82 Å². The van der Waals surface area contributed by atoms with Crippen LogP contribution in [0.4, 0.5) is 5.82 Å². The highest BCUT2D eigenvalue weighted by molar-refractivity contribution is 5.13. The molecule has 6 nitrogen and oxygen atoms in total. The maximum absolute atomic E-state index is 10.4. The number of imidazole rings is 1. The van der Waals surface area contributed by atoms with Crippen LogP contribution in [0.1, 0.15) is 5.56 Å². The minimum atomic E-state index is -0.534. The second-order valence-corrected chi connectivity index (χ2v) is 3.47. The summed E-state index contributed by atoms with van der Waals surface area (Å²) in [6.45, 7) is 0.711. The molecule has 0 N–H and O–H groups in total. The summed E-state index contributed by atoms with van der Waals surface area (Å²) in [6.07, 6.45) is 2.72. The van der Waals surface area contributed by atoms with Gasteiger partial charge in [0.2, 0.25) is 6.33 Å². The average Bonchev–Trinajstić information content (AvgIpc) is 2.79. The zero-order valence-corrected chi connectivity index (χ0v) is 9.02. The quantitative estimate of drug-likeness (QED) is 0.584. The topological polar surface area (TPSA) is 70.2 Å². The lowest BCUT2D eigenvalue weighted by Gasteiger charge is -2.03. The summed E-state index contributed by atoms with van der Waals surface area (Å²) in [5.41, 5.74) is 1.06. The highest BCUT2D eigenvalue weighted by atomic mass is 16.6. The summed E-state index contributed by atoms with van der Waals surface area (Å²) in [7, 11) is 0. The molecule has 0 unspecified atom stereocenters. The summed E-state index contributed by atoms with van der Waals surface area (Å²) < 4.78 is 6.93. The molecule has 0 aliphatic heterocycles. The van der Waals surface area contributed by atoms with Gasteiger partial charge in [-0.05, 0) is 15.5 Å². The normalized spacial score (nSPS) is 10.4. The molecule has 0 spiro atoms. The lowest BCUT2D eigenvalue weighted by Crippen LogP contribution is -2.00. The first-order valence-corrected chi connectivity index (χ1v) is 5.03. The van der Waals surface area contributed by atoms with E-state index in [0.29, 0.717) is 6.61 Å². The number of hydrogen-bond acceptors (Lipinski definition) is 4. The third-order valence-electron chi connectivity index (χ3n) is 2.16. The maximum Gasteiger partial charge on any atom is 0.381 e. The Morgan fingerprint density at radius 1 is 1.35 bits per heavy atom. The first-order chi connectivity index (χ1) is 8.25. The monoisotopic (exact) mass is 233 g/mol. The number of ether oxygens (including phenoxy) is 1. The number of rotatable bonds is 5. The van der Waals surface area contributed by atoms with Crippen molar-refractivity contribution in [2.24, 2.45) is 0 Å². The molecule has 0 aliphatic rings. The lowest BCUT2D eigenvalue weighted by molar-refractivity contribution is -0.389. The van der Waals surface area contributed by atoms with Crippen molar-refractivity contribution in [3.8, 4) is 0 Å². The Morgan fingerprint density at radius 3 is 2.76 bits per heavy atom. The van der Waals surface area contributed by atoms with Crippen molar-refractivity contribution in [2.75, 3.05) is 0 Å². The zero-order valence-electron chi connectivity index (χ0n) is 9.02. The Morgan fingerprint density at radius 2 is 2.12 bits per heavy atom. The minimum absolute atomic E-state index is 0.173. The summed E-state index contributed by atoms with van der Waals surface area (Å²) in [4.78, 5) is 13.5. The van der Waals surface area contributed by atoms with Crippen LogP contribution in [0.5, 0.6) is 0 Å². The summed E-state index contributed by atoms with van der Waals surface area (Å²) in [5, 5.41) is 10.4. The van der Waals surface area contributed by atoms with Crippen molar-refractivity contribution in [1.29, 1.82) is 0 Å². The molecule has 0 aliphatic carbocycles. The Hall–Kier alpha value is -2.21. The Labute approximate surface area is 97.6 Å². The molecular weight excluding hydrogens is 222 g/mol. The van der Waals surface area contributed by atoms with Gasteiger partial charge in [-0.25, -0.2) is 0 Å². The second-order valence-electron chi connectivity index (χ2n) is 3.47. The van der Waals surface area contributed by atoms with Crippen LogP contribution in [-0.2, 0) is 18.1 Å². The van der Waals surface area contributed by atoms with Gasteiger partial charge in [-0.1, -0.05) is 30.3 Å². The highest BCUT2D eigenvalue weighted by Crippen LogP contribution is 2.06. The molecule has 6 heteroatoms. The van der Waals surface area contributed by atoms with E-state index in [4.69, 9.17) is 4.74 Å². The zero-order chi connectivity index (χ0) is 12.1. The van der Waals surface area contributed by atoms with Crippen LogP contribution in [0.3, 0.4) is 0 Å². The molecule has 88 valence electrons. The van der Waals surface area contributed by atoms with Crippen LogP contribution >= 0.6 is 0 Å². The van der Waals surface area contributed by atoms with Crippen molar-refractivity contribution in [3.05, 3.63) is 58.5 Å². The number of nitrogens with zero attached hydrogens (tertiary/aromatic N) is 3. The first-order valence-electron chi connectivity index (χ1n) is 5.03. The maximum atomic E-state index is 10.4. The van der Waals surface area contributed by atoms with E-state index in [0.717, 1.165) is 5.56 Å². The summed E-state index contributed by atoms with van der Waals surface area (Å²) >= 11 is 0. The van der Waals surface area contributed by atoms with E-state index in [1.165, 1.54) is 17.1 Å². The highest BCUT2D eigenvalue weighted by Gasteiger charge is 2.08. The lowest BCUT2D eigenvalue weighted by atomic mass is 10.2. The molecule has 0 bridgehead atoms. The Bertz CT molecular complexity index is 496. The number of hydrogen-bond donors (Lipinski definition) is 0. The third-order valence-corrected chi connectivity index (χ3v) is 2.16. The molecule has 0 atom stereocenters. The number of aromatic nitrogens is 2. The Kier molecular flexibility index (Phi) is 3.46. The van der Waals surface area contributed by atoms with Crippen molar-refractivity contribution in [2.45, 2.75) is 13.3 Å². The standard InChI is InChI=1S/C11H11N3O3/c15-14(16)11-6-13(8-12-11)9-17-7-10-4-2-1-3-5-10/h1-6,8H,7,9H2. The minimum Gasteiger partial charge on any atom is -0.358 e. The molecule has 1 aromatic carbocycles. The van der Waals surface area contributed by atoms with Crippen LogP contribution in [0.25, 0.3) is 0 Å². The van der Waals surface area contributed by atoms with E-state index in [1.807, 2.05) is 30.3 Å². The average molecular weight is 233 g/mol. The van der Waals surface area contributed by atoms with Crippen LogP contribution in [0.2, 0.25) is 0 Å². The SMILES string of the molecule is O=[N+]([O-])c1cn(COCc2ccccc2)cn1. The van der Waals surface area contributed by atoms with Gasteiger partial charge in [0, 0.05) is 0 Å². The fourth-order valence-electron chi connectivity index (χ4n) is 1.36. The van der Waals surface area contributed by atoms with Gasteiger partial charge in [-0.15, -0.1) is 0 Å². The fraction of sp³-hybridized carbons (Fsp3) is 0.182. The van der Waals surface area contributed by atoms with Crippen LogP contribution < -0.4 is 0 Å². The predicted octanol–water partition coefficient (Wildman–Crippen LogP) is 1.97. The van der Waals surface area contributed by atoms with Crippen LogP contribution in [0.15, 0.2) is 42.9 Å². The molecule has 2 rings (SSSR count). The molecule has 1 aromatic heterocycles. The number of benzene rings is 1. The second kappa shape index (κ2) is 5.22. The van der Waals surface area contributed by atoms with Crippen LogP contribution in [-0.4, -0.2) is 14.5 Å². The Balaban J connectivity index is 1.84. The first kappa shape index (κ1) is 11.3. The van der Waals surface area contributed by atoms with Crippen molar-refractivity contribution < 1.29 is 9.66 Å². The summed E-state index contributed by atoms with van der Waals surface area (Å²) in [5.74, 6) is -0.173. The number of nitro groups is 1. The molecule has 0 amide bonds. The van der Waals surface area contributed by atoms with Crippen molar-refractivity contribution in [1.82, 2.24) is 9.55 Å². The van der Waals surface area contributed by atoms with Gasteiger partial charge < -0.3 is 14.9 Å². The van der Waals surface area contributed by atoms with E-state index in [2.05, 4.69) is 4.98 Å². The molecule has 1 heterocycles. The molecule has 0 saturated carbocycles. The van der Waals surface area contributed by atoms with E-state index >= 15 is 0 Å². The van der Waals surface area contributed by atoms with E-state index in [9.17, 15) is 10.1 Å². The largest absolute Gasteiger partial charge is 0.381 e. The van der Waals surface area contributed by atoms with Gasteiger partial charge in [0.1, 0.15) is 12.9 Å². The predicted molar refractivity (Wildman–Crippen MR) is 60.1 cm³/mol. The molecule has 2 aromatic rings. The van der Waals surface area contributed by atoms with Gasteiger partial charge in [0.15, 0.2) is 0 Å². The van der Waals surface area contributed by atoms with Gasteiger partial charge in [-0.2, -0.15) is 0 Å². The fourth-order valence-corrected chi connectivity index (χ4v) is 1.36. The smallest absolute Gasteiger partial charge is 0.358 e. The van der Waals surface area contributed by atoms with Crippen LogP contribution in [0, 0.1) is 10.1 Å². The summed E-state index contributed by atoms with van der Waals surface area (Å²) in [6, 6.07) is 9.71. The van der Waals surface area contributed by atoms with Gasteiger partial charge in [-0.3, -0.25) is 4.57 Å². The third kappa shape index (κ3) is 3.12. The van der Waals surface area contributed by atoms with Gasteiger partial charge >= 0.3 is 5.82 Å². The molecule has 0 saturated heterocycles. The van der Waals surface area contributed by atoms with E-state index in [-0.39, 0.29) is 12.5 Å². The van der Waals surface area contributed by atoms with Gasteiger partial charge in [0.05, 0.1) is 6.61 Å². The molecule has 17 heavy (non-hydrogen) atoms. The van der Waals surface area contributed by atoms with Crippen molar-refractivity contribution in [3.63, 3.8) is 0 Å².